The number of aromatic nitrogens is 1. The molecule has 0 saturated carbocycles. The van der Waals surface area contributed by atoms with Gasteiger partial charge in [0.05, 0.1) is 10.2 Å². The molecule has 0 radical (unpaired) electrons. The standard InChI is InChI=1S/C21H25N3O2S/c1-15-12-16(2)20-18(13-15)22-21(27-20)24(11-10-23(3)4)19(25)14-26-17-8-6-5-7-9-17/h5-9,12-13H,10-11,14H2,1-4H3. The summed E-state index contributed by atoms with van der Waals surface area (Å²) in [4.78, 5) is 21.4. The Morgan fingerprint density at radius 1 is 1.11 bits per heavy atom. The van der Waals surface area contributed by atoms with Gasteiger partial charge in [-0.25, -0.2) is 4.98 Å². The van der Waals surface area contributed by atoms with Gasteiger partial charge in [0.1, 0.15) is 5.75 Å². The first-order valence-corrected chi connectivity index (χ1v) is 9.76. The minimum absolute atomic E-state index is 0.00855. The highest BCUT2D eigenvalue weighted by molar-refractivity contribution is 7.22. The van der Waals surface area contributed by atoms with Crippen LogP contribution in [0.3, 0.4) is 0 Å². The summed E-state index contributed by atoms with van der Waals surface area (Å²) in [5.74, 6) is 0.600. The van der Waals surface area contributed by atoms with Gasteiger partial charge < -0.3 is 9.64 Å². The molecule has 6 heteroatoms. The Bertz CT molecular complexity index is 922. The second-order valence-corrected chi connectivity index (χ2v) is 7.85. The third-order valence-electron chi connectivity index (χ3n) is 4.22. The van der Waals surface area contributed by atoms with Crippen molar-refractivity contribution < 1.29 is 9.53 Å². The highest BCUT2D eigenvalue weighted by Crippen LogP contribution is 2.32. The zero-order valence-corrected chi connectivity index (χ0v) is 17.0. The Morgan fingerprint density at radius 3 is 2.56 bits per heavy atom. The molecule has 1 heterocycles. The third kappa shape index (κ3) is 4.84. The maximum Gasteiger partial charge on any atom is 0.266 e. The lowest BCUT2D eigenvalue weighted by Crippen LogP contribution is -2.39. The fourth-order valence-electron chi connectivity index (χ4n) is 2.85. The Balaban J connectivity index is 1.84. The number of para-hydroxylation sites is 1. The molecule has 5 nitrogen and oxygen atoms in total. The van der Waals surface area contributed by atoms with Crippen molar-refractivity contribution in [1.29, 1.82) is 0 Å². The molecule has 0 aliphatic carbocycles. The van der Waals surface area contributed by atoms with Gasteiger partial charge >= 0.3 is 0 Å². The Hall–Kier alpha value is -2.44. The first-order valence-electron chi connectivity index (χ1n) is 8.95. The SMILES string of the molecule is Cc1cc(C)c2sc(N(CCN(C)C)C(=O)COc3ccccc3)nc2c1. The molecule has 0 atom stereocenters. The molecule has 2 aromatic carbocycles. The van der Waals surface area contributed by atoms with Crippen LogP contribution in [0.4, 0.5) is 5.13 Å². The molecule has 0 N–H and O–H groups in total. The number of carbonyl (C=O) groups excluding carboxylic acids is 1. The largest absolute Gasteiger partial charge is 0.484 e. The lowest BCUT2D eigenvalue weighted by atomic mass is 10.1. The molecule has 3 aromatic rings. The molecule has 0 fully saturated rings. The van der Waals surface area contributed by atoms with Crippen LogP contribution in [0.15, 0.2) is 42.5 Å². The molecule has 0 aliphatic heterocycles. The minimum Gasteiger partial charge on any atom is -0.484 e. The summed E-state index contributed by atoms with van der Waals surface area (Å²) in [6.45, 7) is 5.47. The molecule has 27 heavy (non-hydrogen) atoms. The van der Waals surface area contributed by atoms with Crippen LogP contribution < -0.4 is 9.64 Å². The lowest BCUT2D eigenvalue weighted by Gasteiger charge is -2.22. The Kier molecular flexibility index (Phi) is 6.08. The number of rotatable bonds is 7. The van der Waals surface area contributed by atoms with Gasteiger partial charge in [-0.3, -0.25) is 9.69 Å². The van der Waals surface area contributed by atoms with E-state index in [1.165, 1.54) is 11.1 Å². The highest BCUT2D eigenvalue weighted by Gasteiger charge is 2.21. The van der Waals surface area contributed by atoms with Crippen molar-refractivity contribution in [3.05, 3.63) is 53.6 Å². The molecule has 142 valence electrons. The smallest absolute Gasteiger partial charge is 0.266 e. The number of carbonyl (C=O) groups is 1. The molecule has 1 amide bonds. The normalized spacial score (nSPS) is 11.1. The number of amides is 1. The maximum atomic E-state index is 12.9. The number of benzene rings is 2. The molecule has 0 unspecified atom stereocenters. The van der Waals surface area contributed by atoms with E-state index in [0.717, 1.165) is 21.9 Å². The van der Waals surface area contributed by atoms with Crippen LogP contribution in [-0.4, -0.2) is 49.6 Å². The number of hydrogen-bond donors (Lipinski definition) is 0. The van der Waals surface area contributed by atoms with Crippen molar-refractivity contribution in [3.8, 4) is 5.75 Å². The van der Waals surface area contributed by atoms with Crippen LogP contribution in [0.1, 0.15) is 11.1 Å². The van der Waals surface area contributed by atoms with E-state index in [1.54, 1.807) is 16.2 Å². The number of ether oxygens (including phenoxy) is 1. The van der Waals surface area contributed by atoms with E-state index in [0.29, 0.717) is 12.3 Å². The van der Waals surface area contributed by atoms with E-state index in [9.17, 15) is 4.79 Å². The van der Waals surface area contributed by atoms with Crippen molar-refractivity contribution in [2.75, 3.05) is 38.7 Å². The molecule has 3 rings (SSSR count). The quantitative estimate of drug-likeness (QED) is 0.621. The molecule has 0 saturated heterocycles. The Morgan fingerprint density at radius 2 is 1.85 bits per heavy atom. The first kappa shape index (κ1) is 19.3. The van der Waals surface area contributed by atoms with Crippen LogP contribution >= 0.6 is 11.3 Å². The molecular formula is C21H25N3O2S. The second kappa shape index (κ2) is 8.50. The summed E-state index contributed by atoms with van der Waals surface area (Å²) in [7, 11) is 3.99. The van der Waals surface area contributed by atoms with E-state index < -0.39 is 0 Å². The number of aryl methyl sites for hydroxylation is 2. The molecule has 0 bridgehead atoms. The molecule has 1 aromatic heterocycles. The number of thiazole rings is 1. The summed E-state index contributed by atoms with van der Waals surface area (Å²) < 4.78 is 6.79. The van der Waals surface area contributed by atoms with Crippen LogP contribution in [-0.2, 0) is 4.79 Å². The number of anilines is 1. The van der Waals surface area contributed by atoms with Crippen LogP contribution in [0, 0.1) is 13.8 Å². The van der Waals surface area contributed by atoms with Crippen molar-refractivity contribution in [2.24, 2.45) is 0 Å². The fourth-order valence-corrected chi connectivity index (χ4v) is 3.91. The third-order valence-corrected chi connectivity index (χ3v) is 5.45. The minimum atomic E-state index is -0.0888. The van der Waals surface area contributed by atoms with E-state index in [1.807, 2.05) is 44.4 Å². The van der Waals surface area contributed by atoms with Crippen LogP contribution in [0.2, 0.25) is 0 Å². The molecule has 0 spiro atoms. The molecule has 0 aliphatic rings. The van der Waals surface area contributed by atoms with Gasteiger partial charge in [-0.1, -0.05) is 35.6 Å². The van der Waals surface area contributed by atoms with Gasteiger partial charge in [0.2, 0.25) is 0 Å². The average molecular weight is 384 g/mol. The fraction of sp³-hybridized carbons (Fsp3) is 0.333. The summed E-state index contributed by atoms with van der Waals surface area (Å²) in [5.41, 5.74) is 3.31. The Labute approximate surface area is 164 Å². The summed E-state index contributed by atoms with van der Waals surface area (Å²) in [6.07, 6.45) is 0. The van der Waals surface area contributed by atoms with Crippen molar-refractivity contribution >= 4 is 32.6 Å². The molecular weight excluding hydrogens is 358 g/mol. The number of likely N-dealkylation sites (N-methyl/N-ethyl adjacent to an activating group) is 1. The van der Waals surface area contributed by atoms with Crippen molar-refractivity contribution in [2.45, 2.75) is 13.8 Å². The number of fused-ring (bicyclic) bond motifs is 1. The monoisotopic (exact) mass is 383 g/mol. The van der Waals surface area contributed by atoms with E-state index in [2.05, 4.69) is 30.9 Å². The van der Waals surface area contributed by atoms with Gasteiger partial charge in [0.15, 0.2) is 11.7 Å². The lowest BCUT2D eigenvalue weighted by molar-refractivity contribution is -0.120. The van der Waals surface area contributed by atoms with Crippen LogP contribution in [0.5, 0.6) is 5.75 Å². The van der Waals surface area contributed by atoms with Crippen molar-refractivity contribution in [1.82, 2.24) is 9.88 Å². The second-order valence-electron chi connectivity index (χ2n) is 6.88. The average Bonchev–Trinajstić information content (AvgIpc) is 3.04. The van der Waals surface area contributed by atoms with Gasteiger partial charge in [-0.2, -0.15) is 0 Å². The summed E-state index contributed by atoms with van der Waals surface area (Å²) in [6, 6.07) is 13.6. The first-order chi connectivity index (χ1) is 12.9. The van der Waals surface area contributed by atoms with Gasteiger partial charge in [-0.05, 0) is 57.3 Å². The summed E-state index contributed by atoms with van der Waals surface area (Å²) in [5, 5.41) is 0.724. The van der Waals surface area contributed by atoms with Gasteiger partial charge in [0.25, 0.3) is 5.91 Å². The van der Waals surface area contributed by atoms with Crippen molar-refractivity contribution in [3.63, 3.8) is 0 Å². The maximum absolute atomic E-state index is 12.9. The van der Waals surface area contributed by atoms with E-state index in [4.69, 9.17) is 9.72 Å². The van der Waals surface area contributed by atoms with Crippen LogP contribution in [0.25, 0.3) is 10.2 Å². The van der Waals surface area contributed by atoms with E-state index >= 15 is 0 Å². The highest BCUT2D eigenvalue weighted by atomic mass is 32.1. The zero-order chi connectivity index (χ0) is 19.4. The zero-order valence-electron chi connectivity index (χ0n) is 16.2. The van der Waals surface area contributed by atoms with E-state index in [-0.39, 0.29) is 12.5 Å². The number of nitrogens with zero attached hydrogens (tertiary/aromatic N) is 3. The predicted octanol–water partition coefficient (Wildman–Crippen LogP) is 3.89. The summed E-state index contributed by atoms with van der Waals surface area (Å²) >= 11 is 1.56. The number of hydrogen-bond acceptors (Lipinski definition) is 5. The van der Waals surface area contributed by atoms with Gasteiger partial charge in [-0.15, -0.1) is 0 Å². The predicted molar refractivity (Wildman–Crippen MR) is 112 cm³/mol. The topological polar surface area (TPSA) is 45.7 Å². The van der Waals surface area contributed by atoms with Gasteiger partial charge in [0, 0.05) is 13.1 Å².